The van der Waals surface area contributed by atoms with E-state index in [-0.39, 0.29) is 11.9 Å². The molecule has 1 aromatic heterocycles. The van der Waals surface area contributed by atoms with Gasteiger partial charge in [0.2, 0.25) is 0 Å². The van der Waals surface area contributed by atoms with Crippen molar-refractivity contribution in [3.63, 3.8) is 0 Å². The monoisotopic (exact) mass is 378 g/mol. The molecule has 27 heavy (non-hydrogen) atoms. The predicted octanol–water partition coefficient (Wildman–Crippen LogP) is 5.13. The smallest absolute Gasteiger partial charge is 0.251 e. The van der Waals surface area contributed by atoms with Crippen LogP contribution in [0.15, 0.2) is 48.5 Å². The Labute approximate surface area is 164 Å². The number of hydrogen-bond acceptors (Lipinski definition) is 2. The van der Waals surface area contributed by atoms with Crippen LogP contribution in [0.4, 0.5) is 0 Å². The Bertz CT molecular complexity index is 985. The SMILES string of the molecule is C[C@@H](CCc1ccccc1)NC(=O)c1ccc2c(Cl)c3c(nc2c1)CCC3. The molecule has 3 nitrogen and oxygen atoms in total. The largest absolute Gasteiger partial charge is 0.350 e. The topological polar surface area (TPSA) is 42.0 Å². The minimum Gasteiger partial charge on any atom is -0.350 e. The molecule has 3 aromatic rings. The Morgan fingerprint density at radius 1 is 1.19 bits per heavy atom. The first kappa shape index (κ1) is 18.0. The van der Waals surface area contributed by atoms with E-state index >= 15 is 0 Å². The second kappa shape index (κ2) is 7.69. The van der Waals surface area contributed by atoms with E-state index in [1.54, 1.807) is 0 Å². The van der Waals surface area contributed by atoms with Gasteiger partial charge >= 0.3 is 0 Å². The molecule has 1 heterocycles. The van der Waals surface area contributed by atoms with Gasteiger partial charge in [0, 0.05) is 22.7 Å². The van der Waals surface area contributed by atoms with E-state index in [1.165, 1.54) is 11.1 Å². The lowest BCUT2D eigenvalue weighted by Crippen LogP contribution is -2.32. The van der Waals surface area contributed by atoms with Crippen molar-refractivity contribution in [2.45, 2.75) is 45.1 Å². The number of aromatic nitrogens is 1. The molecule has 1 aliphatic rings. The number of carbonyl (C=O) groups excluding carboxylic acids is 1. The molecule has 4 heteroatoms. The number of pyridine rings is 1. The zero-order chi connectivity index (χ0) is 18.8. The Balaban J connectivity index is 1.47. The lowest BCUT2D eigenvalue weighted by atomic mass is 10.0. The molecule has 0 bridgehead atoms. The predicted molar refractivity (Wildman–Crippen MR) is 110 cm³/mol. The van der Waals surface area contributed by atoms with Gasteiger partial charge in [-0.25, -0.2) is 0 Å². The van der Waals surface area contributed by atoms with Crippen LogP contribution in [-0.2, 0) is 19.3 Å². The Morgan fingerprint density at radius 3 is 2.81 bits per heavy atom. The third kappa shape index (κ3) is 3.84. The number of halogens is 1. The maximum absolute atomic E-state index is 12.7. The quantitative estimate of drug-likeness (QED) is 0.668. The number of amides is 1. The molecule has 2 aromatic carbocycles. The fourth-order valence-electron chi connectivity index (χ4n) is 3.75. The summed E-state index contributed by atoms with van der Waals surface area (Å²) in [4.78, 5) is 17.4. The summed E-state index contributed by atoms with van der Waals surface area (Å²) in [6.07, 6.45) is 4.92. The zero-order valence-electron chi connectivity index (χ0n) is 15.5. The molecule has 1 atom stereocenters. The van der Waals surface area contributed by atoms with E-state index in [1.807, 2.05) is 43.3 Å². The van der Waals surface area contributed by atoms with Crippen LogP contribution in [0.1, 0.15) is 46.9 Å². The molecule has 0 spiro atoms. The van der Waals surface area contributed by atoms with Gasteiger partial charge in [0.25, 0.3) is 5.91 Å². The van der Waals surface area contributed by atoms with Gasteiger partial charge in [-0.3, -0.25) is 9.78 Å². The fourth-order valence-corrected chi connectivity index (χ4v) is 4.12. The summed E-state index contributed by atoms with van der Waals surface area (Å²) in [7, 11) is 0. The second-order valence-corrected chi connectivity index (χ2v) is 7.71. The van der Waals surface area contributed by atoms with E-state index in [9.17, 15) is 4.79 Å². The molecule has 0 fully saturated rings. The molecule has 0 radical (unpaired) electrons. The molecule has 0 aliphatic heterocycles. The molecule has 138 valence electrons. The van der Waals surface area contributed by atoms with Gasteiger partial charge in [-0.2, -0.15) is 0 Å². The third-order valence-corrected chi connectivity index (χ3v) is 5.72. The molecule has 1 aliphatic carbocycles. The number of benzene rings is 2. The molecular weight excluding hydrogens is 356 g/mol. The van der Waals surface area contributed by atoms with Crippen LogP contribution in [0.5, 0.6) is 0 Å². The van der Waals surface area contributed by atoms with E-state index in [0.29, 0.717) is 5.56 Å². The van der Waals surface area contributed by atoms with E-state index < -0.39 is 0 Å². The van der Waals surface area contributed by atoms with Crippen molar-refractivity contribution >= 4 is 28.4 Å². The number of rotatable bonds is 5. The van der Waals surface area contributed by atoms with Gasteiger partial charge in [-0.15, -0.1) is 0 Å². The maximum Gasteiger partial charge on any atom is 0.251 e. The lowest BCUT2D eigenvalue weighted by molar-refractivity contribution is 0.0938. The van der Waals surface area contributed by atoms with Gasteiger partial charge in [-0.05, 0) is 62.3 Å². The van der Waals surface area contributed by atoms with Gasteiger partial charge in [0.15, 0.2) is 0 Å². The second-order valence-electron chi connectivity index (χ2n) is 7.34. The summed E-state index contributed by atoms with van der Waals surface area (Å²) < 4.78 is 0. The van der Waals surface area contributed by atoms with Crippen LogP contribution >= 0.6 is 11.6 Å². The highest BCUT2D eigenvalue weighted by atomic mass is 35.5. The number of nitrogens with zero attached hydrogens (tertiary/aromatic N) is 1. The summed E-state index contributed by atoms with van der Waals surface area (Å²) in [5.74, 6) is -0.0594. The van der Waals surface area contributed by atoms with Crippen LogP contribution in [-0.4, -0.2) is 16.9 Å². The van der Waals surface area contributed by atoms with Crippen molar-refractivity contribution in [2.75, 3.05) is 0 Å². The van der Waals surface area contributed by atoms with Crippen molar-refractivity contribution in [3.05, 3.63) is 75.9 Å². The highest BCUT2D eigenvalue weighted by molar-refractivity contribution is 6.36. The molecule has 1 N–H and O–H groups in total. The van der Waals surface area contributed by atoms with Crippen LogP contribution < -0.4 is 5.32 Å². The van der Waals surface area contributed by atoms with Crippen molar-refractivity contribution in [2.24, 2.45) is 0 Å². The van der Waals surface area contributed by atoms with E-state index in [4.69, 9.17) is 16.6 Å². The summed E-state index contributed by atoms with van der Waals surface area (Å²) in [6.45, 7) is 2.05. The number of aryl methyl sites for hydroxylation is 2. The van der Waals surface area contributed by atoms with Crippen LogP contribution in [0, 0.1) is 0 Å². The molecule has 1 amide bonds. The first-order valence-corrected chi connectivity index (χ1v) is 9.95. The highest BCUT2D eigenvalue weighted by Crippen LogP contribution is 2.33. The minimum absolute atomic E-state index is 0.0594. The summed E-state index contributed by atoms with van der Waals surface area (Å²) >= 11 is 6.56. The van der Waals surface area contributed by atoms with Crippen molar-refractivity contribution in [3.8, 4) is 0 Å². The van der Waals surface area contributed by atoms with Gasteiger partial charge < -0.3 is 5.32 Å². The number of carbonyl (C=O) groups is 1. The van der Waals surface area contributed by atoms with Crippen molar-refractivity contribution in [1.29, 1.82) is 0 Å². The van der Waals surface area contributed by atoms with Crippen molar-refractivity contribution < 1.29 is 4.79 Å². The third-order valence-electron chi connectivity index (χ3n) is 5.29. The Hall–Kier alpha value is -2.39. The molecule has 4 rings (SSSR count). The summed E-state index contributed by atoms with van der Waals surface area (Å²) in [5.41, 5.74) is 5.00. The molecule has 0 unspecified atom stereocenters. The first-order valence-electron chi connectivity index (χ1n) is 9.57. The minimum atomic E-state index is -0.0594. The van der Waals surface area contributed by atoms with Gasteiger partial charge in [0.05, 0.1) is 10.5 Å². The standard InChI is InChI=1S/C23H23ClN2O/c1-15(10-11-16-6-3-2-4-7-16)25-23(27)17-12-13-19-21(14-17)26-20-9-5-8-18(20)22(19)24/h2-4,6-7,12-15H,5,8-11H2,1H3,(H,25,27)/t15-/m0/s1. The summed E-state index contributed by atoms with van der Waals surface area (Å²) in [5, 5.41) is 4.84. The van der Waals surface area contributed by atoms with E-state index in [0.717, 1.165) is 53.7 Å². The normalized spacial score (nSPS) is 14.1. The number of fused-ring (bicyclic) bond motifs is 2. The molecular formula is C23H23ClN2O. The van der Waals surface area contributed by atoms with Gasteiger partial charge in [-0.1, -0.05) is 48.0 Å². The van der Waals surface area contributed by atoms with Crippen LogP contribution in [0.25, 0.3) is 10.9 Å². The van der Waals surface area contributed by atoms with Crippen LogP contribution in [0.2, 0.25) is 5.02 Å². The average Bonchev–Trinajstić information content (AvgIpc) is 3.16. The van der Waals surface area contributed by atoms with Crippen molar-refractivity contribution in [1.82, 2.24) is 10.3 Å². The van der Waals surface area contributed by atoms with Gasteiger partial charge in [0.1, 0.15) is 0 Å². The Kier molecular flexibility index (Phi) is 5.13. The highest BCUT2D eigenvalue weighted by Gasteiger charge is 2.19. The molecule has 0 saturated heterocycles. The van der Waals surface area contributed by atoms with E-state index in [2.05, 4.69) is 17.4 Å². The van der Waals surface area contributed by atoms with Crippen LogP contribution in [0.3, 0.4) is 0 Å². The summed E-state index contributed by atoms with van der Waals surface area (Å²) in [6, 6.07) is 16.1. The maximum atomic E-state index is 12.7. The lowest BCUT2D eigenvalue weighted by Gasteiger charge is -2.14. The Morgan fingerprint density at radius 2 is 2.00 bits per heavy atom. The average molecular weight is 379 g/mol. The zero-order valence-corrected chi connectivity index (χ0v) is 16.2. The number of nitrogens with one attached hydrogen (secondary N) is 1. The number of hydrogen-bond donors (Lipinski definition) is 1. The fraction of sp³-hybridized carbons (Fsp3) is 0.304. The first-order chi connectivity index (χ1) is 13.1. The molecule has 0 saturated carbocycles.